The monoisotopic (exact) mass is 224 g/mol. The van der Waals surface area contributed by atoms with Crippen LogP contribution in [0.15, 0.2) is 0 Å². The molecule has 86 valence electrons. The van der Waals surface area contributed by atoms with Crippen LogP contribution in [-0.2, 0) is 0 Å². The molecular weight excluding hydrogens is 212 g/mol. The molecule has 0 aliphatic rings. The highest BCUT2D eigenvalue weighted by Crippen LogP contribution is 2.31. The lowest BCUT2D eigenvalue weighted by atomic mass is 10.2. The van der Waals surface area contributed by atoms with Crippen molar-refractivity contribution in [1.29, 1.82) is 0 Å². The summed E-state index contributed by atoms with van der Waals surface area (Å²) in [5.74, 6) is 0. The third-order valence-electron chi connectivity index (χ3n) is 1.93. The van der Waals surface area contributed by atoms with Gasteiger partial charge in [-0.05, 0) is 13.8 Å². The van der Waals surface area contributed by atoms with Gasteiger partial charge in [-0.1, -0.05) is 0 Å². The summed E-state index contributed by atoms with van der Waals surface area (Å²) in [6.45, 7) is 2.02. The Morgan fingerprint density at radius 1 is 1.00 bits per heavy atom. The first-order valence-corrected chi connectivity index (χ1v) is 4.11. The van der Waals surface area contributed by atoms with Crippen molar-refractivity contribution in [2.45, 2.75) is 32.2 Å². The zero-order valence-electron chi connectivity index (χ0n) is 7.76. The summed E-state index contributed by atoms with van der Waals surface area (Å²) in [7, 11) is 0. The lowest BCUT2D eigenvalue weighted by Gasteiger charge is -2.28. The lowest BCUT2D eigenvalue weighted by Crippen LogP contribution is -3.19. The second kappa shape index (κ2) is 4.37. The van der Waals surface area contributed by atoms with Gasteiger partial charge in [0.25, 0.3) is 0 Å². The predicted molar refractivity (Wildman–Crippen MR) is 37.9 cm³/mol. The van der Waals surface area contributed by atoms with E-state index < -0.39 is 23.3 Å². The minimum atomic E-state index is -5.51. The molecule has 14 heavy (non-hydrogen) atoms. The van der Waals surface area contributed by atoms with Crippen molar-refractivity contribution >= 4 is 0 Å². The van der Waals surface area contributed by atoms with Crippen molar-refractivity contribution in [2.75, 3.05) is 13.1 Å². The number of alkyl halides is 6. The Hall–Kier alpha value is -0.460. The van der Waals surface area contributed by atoms with Crippen LogP contribution in [0.25, 0.3) is 0 Å². The molecule has 1 atom stereocenters. The molecular formula is C7H12F6N+. The fourth-order valence-corrected chi connectivity index (χ4v) is 1.11. The number of rotatable bonds is 4. The molecule has 0 radical (unpaired) electrons. The Balaban J connectivity index is 4.75. The molecule has 0 aromatic rings. The molecule has 0 rings (SSSR count). The molecule has 0 aromatic heterocycles. The molecule has 0 aromatic carbocycles. The molecule has 0 heterocycles. The van der Waals surface area contributed by atoms with Gasteiger partial charge < -0.3 is 0 Å². The molecule has 0 aliphatic heterocycles. The topological polar surface area (TPSA) is 4.44 Å². The largest absolute Gasteiger partial charge is 0.432 e. The van der Waals surface area contributed by atoms with Crippen molar-refractivity contribution < 1.29 is 31.2 Å². The normalized spacial score (nSPS) is 16.1. The molecule has 1 nitrogen and oxygen atoms in total. The van der Waals surface area contributed by atoms with Crippen molar-refractivity contribution in [1.82, 2.24) is 0 Å². The minimum absolute atomic E-state index is 0.264. The van der Waals surface area contributed by atoms with Crippen molar-refractivity contribution in [3.63, 3.8) is 0 Å². The minimum Gasteiger partial charge on any atom is -0.272 e. The maximum atomic E-state index is 12.8. The maximum Gasteiger partial charge on any atom is 0.432 e. The van der Waals surface area contributed by atoms with E-state index >= 15 is 0 Å². The summed E-state index contributed by atoms with van der Waals surface area (Å²) in [4.78, 5) is -0.720. The number of nitrogens with one attached hydrogen (secondary N) is 1. The first-order valence-electron chi connectivity index (χ1n) is 4.11. The van der Waals surface area contributed by atoms with Crippen LogP contribution in [0.1, 0.15) is 13.8 Å². The average Bonchev–Trinajstić information content (AvgIpc) is 2.03. The van der Waals surface area contributed by atoms with E-state index in [1.165, 1.54) is 13.8 Å². The van der Waals surface area contributed by atoms with E-state index in [0.717, 1.165) is 0 Å². The number of halogens is 6. The molecule has 0 spiro atoms. The van der Waals surface area contributed by atoms with E-state index in [1.807, 2.05) is 0 Å². The standard InChI is InChI=1S/C7H11F6N/c1-3-14(4-2)7(12,13)5(8)6(9,10)11/h5H,3-4H2,1-2H3/p+1/t5-/m0/s1. The SMILES string of the molecule is CC[NH+](CC)C(F)(F)[C@@H](F)C(F)(F)F. The van der Waals surface area contributed by atoms with Gasteiger partial charge in [-0.15, -0.1) is 8.78 Å². The Morgan fingerprint density at radius 3 is 1.57 bits per heavy atom. The van der Waals surface area contributed by atoms with Gasteiger partial charge in [-0.25, -0.2) is 4.39 Å². The van der Waals surface area contributed by atoms with Crippen LogP contribution in [-0.4, -0.2) is 31.5 Å². The Labute approximate surface area is 77.7 Å². The van der Waals surface area contributed by atoms with Crippen LogP contribution in [0.3, 0.4) is 0 Å². The van der Waals surface area contributed by atoms with Gasteiger partial charge in [-0.3, -0.25) is 4.90 Å². The fraction of sp³-hybridized carbons (Fsp3) is 1.00. The van der Waals surface area contributed by atoms with Gasteiger partial charge in [-0.2, -0.15) is 13.2 Å². The van der Waals surface area contributed by atoms with Crippen LogP contribution in [0.2, 0.25) is 0 Å². The van der Waals surface area contributed by atoms with Crippen LogP contribution >= 0.6 is 0 Å². The van der Waals surface area contributed by atoms with Gasteiger partial charge in [0, 0.05) is 0 Å². The maximum absolute atomic E-state index is 12.8. The molecule has 0 saturated heterocycles. The van der Waals surface area contributed by atoms with E-state index in [0.29, 0.717) is 0 Å². The highest BCUT2D eigenvalue weighted by molar-refractivity contribution is 4.73. The summed E-state index contributed by atoms with van der Waals surface area (Å²) in [6, 6.07) is -4.41. The van der Waals surface area contributed by atoms with Crippen LogP contribution in [0.4, 0.5) is 26.3 Å². The quantitative estimate of drug-likeness (QED) is 0.544. The first-order chi connectivity index (χ1) is 6.17. The van der Waals surface area contributed by atoms with E-state index in [1.54, 1.807) is 0 Å². The molecule has 0 bridgehead atoms. The average molecular weight is 224 g/mol. The lowest BCUT2D eigenvalue weighted by molar-refractivity contribution is -0.991. The van der Waals surface area contributed by atoms with Crippen LogP contribution in [0, 0.1) is 0 Å². The van der Waals surface area contributed by atoms with E-state index in [-0.39, 0.29) is 13.1 Å². The molecule has 0 fully saturated rings. The summed E-state index contributed by atoms with van der Waals surface area (Å²) < 4.78 is 73.2. The second-order valence-corrected chi connectivity index (χ2v) is 2.84. The van der Waals surface area contributed by atoms with Crippen molar-refractivity contribution in [3.05, 3.63) is 0 Å². The number of hydrogen-bond donors (Lipinski definition) is 1. The summed E-state index contributed by atoms with van der Waals surface area (Å²) in [6.07, 6.45) is -9.62. The third kappa shape index (κ3) is 2.76. The van der Waals surface area contributed by atoms with Gasteiger partial charge in [0.05, 0.1) is 13.1 Å². The molecule has 0 saturated carbocycles. The van der Waals surface area contributed by atoms with Gasteiger partial charge in [0.1, 0.15) is 0 Å². The fourth-order valence-electron chi connectivity index (χ4n) is 1.11. The zero-order chi connectivity index (χ0) is 11.6. The van der Waals surface area contributed by atoms with Crippen molar-refractivity contribution in [2.24, 2.45) is 0 Å². The third-order valence-corrected chi connectivity index (χ3v) is 1.93. The van der Waals surface area contributed by atoms with Gasteiger partial charge >= 0.3 is 18.4 Å². The summed E-state index contributed by atoms with van der Waals surface area (Å²) in [5.41, 5.74) is 0. The summed E-state index contributed by atoms with van der Waals surface area (Å²) >= 11 is 0. The molecule has 0 aliphatic carbocycles. The Morgan fingerprint density at radius 2 is 1.36 bits per heavy atom. The second-order valence-electron chi connectivity index (χ2n) is 2.84. The van der Waals surface area contributed by atoms with Gasteiger partial charge in [0.2, 0.25) is 0 Å². The molecule has 7 heteroatoms. The molecule has 0 amide bonds. The van der Waals surface area contributed by atoms with Crippen LogP contribution < -0.4 is 4.90 Å². The van der Waals surface area contributed by atoms with E-state index in [2.05, 4.69) is 0 Å². The highest BCUT2D eigenvalue weighted by Gasteiger charge is 2.62. The predicted octanol–water partition coefficient (Wildman–Crippen LogP) is 1.40. The Kier molecular flexibility index (Phi) is 4.23. The zero-order valence-corrected chi connectivity index (χ0v) is 7.76. The van der Waals surface area contributed by atoms with Crippen molar-refractivity contribution in [3.8, 4) is 0 Å². The van der Waals surface area contributed by atoms with Gasteiger partial charge in [0.15, 0.2) is 0 Å². The molecule has 1 N–H and O–H groups in total. The van der Waals surface area contributed by atoms with E-state index in [9.17, 15) is 26.3 Å². The van der Waals surface area contributed by atoms with Crippen LogP contribution in [0.5, 0.6) is 0 Å². The number of quaternary nitrogens is 1. The Bertz CT molecular complexity index is 174. The smallest absolute Gasteiger partial charge is 0.272 e. The molecule has 0 unspecified atom stereocenters. The highest BCUT2D eigenvalue weighted by atomic mass is 19.4. The van der Waals surface area contributed by atoms with E-state index in [4.69, 9.17) is 0 Å². The first kappa shape index (κ1) is 13.5. The number of hydrogen-bond acceptors (Lipinski definition) is 0. The summed E-state index contributed by atoms with van der Waals surface area (Å²) in [5, 5.41) is 0.